The van der Waals surface area contributed by atoms with E-state index < -0.39 is 5.60 Å². The first-order valence-corrected chi connectivity index (χ1v) is 13.0. The van der Waals surface area contributed by atoms with Gasteiger partial charge in [0.15, 0.2) is 0 Å². The predicted molar refractivity (Wildman–Crippen MR) is 142 cm³/mol. The van der Waals surface area contributed by atoms with E-state index in [2.05, 4.69) is 63.4 Å². The second-order valence-corrected chi connectivity index (χ2v) is 10.5. The molecule has 0 aliphatic carbocycles. The van der Waals surface area contributed by atoms with Crippen LogP contribution >= 0.6 is 27.5 Å². The first-order chi connectivity index (χ1) is 16.4. The normalized spacial score (nSPS) is 16.8. The summed E-state index contributed by atoms with van der Waals surface area (Å²) in [4.78, 5) is 2.39. The van der Waals surface area contributed by atoms with E-state index in [1.54, 1.807) is 0 Å². The molecule has 34 heavy (non-hydrogen) atoms. The van der Waals surface area contributed by atoms with Crippen LogP contribution in [0, 0.1) is 0 Å². The highest BCUT2D eigenvalue weighted by Crippen LogP contribution is 2.29. The van der Waals surface area contributed by atoms with E-state index in [0.29, 0.717) is 13.2 Å². The Morgan fingerprint density at radius 2 is 1.76 bits per heavy atom. The van der Waals surface area contributed by atoms with Gasteiger partial charge in [-0.05, 0) is 61.2 Å². The van der Waals surface area contributed by atoms with Gasteiger partial charge in [0.2, 0.25) is 0 Å². The third-order valence-corrected chi connectivity index (χ3v) is 7.29. The van der Waals surface area contributed by atoms with Crippen molar-refractivity contribution in [2.45, 2.75) is 44.6 Å². The Morgan fingerprint density at radius 1 is 1.06 bits per heavy atom. The topological polar surface area (TPSA) is 44.7 Å². The van der Waals surface area contributed by atoms with E-state index in [4.69, 9.17) is 16.3 Å². The fourth-order valence-corrected chi connectivity index (χ4v) is 4.84. The van der Waals surface area contributed by atoms with Crippen LogP contribution in [0.25, 0.3) is 0 Å². The van der Waals surface area contributed by atoms with Gasteiger partial charge in [-0.25, -0.2) is 0 Å². The van der Waals surface area contributed by atoms with Crippen LogP contribution in [-0.2, 0) is 13.2 Å². The molecule has 4 rings (SSSR count). The summed E-state index contributed by atoms with van der Waals surface area (Å²) < 4.78 is 7.19. The number of halogens is 2. The molecule has 180 valence electrons. The van der Waals surface area contributed by atoms with E-state index >= 15 is 0 Å². The van der Waals surface area contributed by atoms with Crippen molar-refractivity contribution < 1.29 is 9.84 Å². The van der Waals surface area contributed by atoms with Gasteiger partial charge in [-0.2, -0.15) is 0 Å². The summed E-state index contributed by atoms with van der Waals surface area (Å²) in [5.74, 6) is 0.886. The molecule has 3 aromatic carbocycles. The molecule has 0 aromatic heterocycles. The first-order valence-electron chi connectivity index (χ1n) is 11.8. The third kappa shape index (κ3) is 7.06. The molecule has 0 saturated carbocycles. The van der Waals surface area contributed by atoms with E-state index in [0.717, 1.165) is 58.8 Å². The Kier molecular flexibility index (Phi) is 8.67. The third-order valence-electron chi connectivity index (χ3n) is 6.55. The van der Waals surface area contributed by atoms with Gasteiger partial charge in [0.05, 0.1) is 5.60 Å². The van der Waals surface area contributed by atoms with Gasteiger partial charge in [0, 0.05) is 47.3 Å². The van der Waals surface area contributed by atoms with Crippen molar-refractivity contribution in [3.05, 3.63) is 99.0 Å². The predicted octanol–water partition coefficient (Wildman–Crippen LogP) is 6.36. The van der Waals surface area contributed by atoms with Gasteiger partial charge in [-0.1, -0.05) is 70.0 Å². The summed E-state index contributed by atoms with van der Waals surface area (Å²) in [5.41, 5.74) is 2.79. The zero-order valence-corrected chi connectivity index (χ0v) is 21.9. The molecule has 0 amide bonds. The van der Waals surface area contributed by atoms with E-state index in [1.165, 1.54) is 5.56 Å². The van der Waals surface area contributed by atoms with Crippen molar-refractivity contribution >= 4 is 27.5 Å². The molecule has 1 heterocycles. The quantitative estimate of drug-likeness (QED) is 0.330. The average Bonchev–Trinajstić information content (AvgIpc) is 2.85. The minimum Gasteiger partial charge on any atom is -0.489 e. The molecule has 6 heteroatoms. The number of nitrogens with one attached hydrogen (secondary N) is 1. The van der Waals surface area contributed by atoms with Crippen LogP contribution in [0.5, 0.6) is 5.75 Å². The summed E-state index contributed by atoms with van der Waals surface area (Å²) in [6.07, 6.45) is 1.49. The monoisotopic (exact) mass is 542 g/mol. The number of nitrogens with zero attached hydrogens (tertiary/aromatic N) is 1. The molecule has 1 atom stereocenters. The number of aliphatic hydroxyl groups is 1. The van der Waals surface area contributed by atoms with E-state index in [1.807, 2.05) is 42.5 Å². The second-order valence-electron chi connectivity index (χ2n) is 9.18. The highest BCUT2D eigenvalue weighted by molar-refractivity contribution is 9.10. The van der Waals surface area contributed by atoms with Crippen LogP contribution in [0.1, 0.15) is 42.5 Å². The molecular formula is C28H32BrClN2O2. The lowest BCUT2D eigenvalue weighted by molar-refractivity contribution is -0.0233. The average molecular weight is 544 g/mol. The zero-order valence-electron chi connectivity index (χ0n) is 19.5. The van der Waals surface area contributed by atoms with Gasteiger partial charge in [0.25, 0.3) is 0 Å². The smallest absolute Gasteiger partial charge is 0.124 e. The molecule has 4 nitrogen and oxygen atoms in total. The number of piperidine rings is 1. The molecule has 1 fully saturated rings. The first kappa shape index (κ1) is 25.2. The number of rotatable bonds is 9. The van der Waals surface area contributed by atoms with Crippen molar-refractivity contribution in [2.75, 3.05) is 19.6 Å². The maximum Gasteiger partial charge on any atom is 0.124 e. The van der Waals surface area contributed by atoms with E-state index in [9.17, 15) is 5.11 Å². The van der Waals surface area contributed by atoms with Crippen molar-refractivity contribution in [2.24, 2.45) is 0 Å². The zero-order chi connectivity index (χ0) is 24.0. The van der Waals surface area contributed by atoms with Gasteiger partial charge in [-0.15, -0.1) is 0 Å². The van der Waals surface area contributed by atoms with Crippen LogP contribution in [0.2, 0.25) is 5.02 Å². The van der Waals surface area contributed by atoms with Crippen LogP contribution in [0.15, 0.2) is 77.3 Å². The largest absolute Gasteiger partial charge is 0.489 e. The van der Waals surface area contributed by atoms with Crippen LogP contribution < -0.4 is 10.1 Å². The number of ether oxygens (including phenoxy) is 1. The van der Waals surface area contributed by atoms with Crippen LogP contribution in [0.4, 0.5) is 0 Å². The van der Waals surface area contributed by atoms with Crippen molar-refractivity contribution in [1.29, 1.82) is 0 Å². The summed E-state index contributed by atoms with van der Waals surface area (Å²) in [7, 11) is 0. The molecule has 3 aromatic rings. The molecule has 0 spiro atoms. The molecule has 2 N–H and O–H groups in total. The standard InChI is InChI=1S/C28H32BrClN2O2/c1-21(23-5-3-2-4-6-23)31-20-28(33)13-15-32(16-14-28)18-24-17-25(29)9-12-27(24)34-19-22-7-10-26(30)11-8-22/h2-12,17,21,31,33H,13-16,18-20H2,1H3. The highest BCUT2D eigenvalue weighted by Gasteiger charge is 2.32. The van der Waals surface area contributed by atoms with Crippen LogP contribution in [0.3, 0.4) is 0 Å². The molecule has 0 bridgehead atoms. The Balaban J connectivity index is 1.31. The molecule has 0 radical (unpaired) electrons. The molecule has 1 aliphatic rings. The van der Waals surface area contributed by atoms with Crippen molar-refractivity contribution in [1.82, 2.24) is 10.2 Å². The Morgan fingerprint density at radius 3 is 2.47 bits per heavy atom. The Bertz CT molecular complexity index is 1050. The van der Waals surface area contributed by atoms with Gasteiger partial charge >= 0.3 is 0 Å². The Labute approximate surface area is 216 Å². The number of benzene rings is 3. The lowest BCUT2D eigenvalue weighted by Crippen LogP contribution is -2.50. The SMILES string of the molecule is CC(NCC1(O)CCN(Cc2cc(Br)ccc2OCc2ccc(Cl)cc2)CC1)c1ccccc1. The number of likely N-dealkylation sites (tertiary alicyclic amines) is 1. The summed E-state index contributed by atoms with van der Waals surface area (Å²) in [5, 5.41) is 15.4. The lowest BCUT2D eigenvalue weighted by Gasteiger charge is -2.39. The summed E-state index contributed by atoms with van der Waals surface area (Å²) >= 11 is 9.59. The minimum atomic E-state index is -0.676. The lowest BCUT2D eigenvalue weighted by atomic mass is 9.90. The molecular weight excluding hydrogens is 512 g/mol. The molecule has 1 saturated heterocycles. The molecule has 1 aliphatic heterocycles. The minimum absolute atomic E-state index is 0.213. The van der Waals surface area contributed by atoms with Crippen molar-refractivity contribution in [3.63, 3.8) is 0 Å². The summed E-state index contributed by atoms with van der Waals surface area (Å²) in [6.45, 7) is 5.73. The highest BCUT2D eigenvalue weighted by atomic mass is 79.9. The fraction of sp³-hybridized carbons (Fsp3) is 0.357. The van der Waals surface area contributed by atoms with Gasteiger partial charge < -0.3 is 15.2 Å². The maximum absolute atomic E-state index is 11.1. The maximum atomic E-state index is 11.1. The molecule has 1 unspecified atom stereocenters. The van der Waals surface area contributed by atoms with Gasteiger partial charge in [-0.3, -0.25) is 4.90 Å². The van der Waals surface area contributed by atoms with Crippen molar-refractivity contribution in [3.8, 4) is 5.75 Å². The van der Waals surface area contributed by atoms with E-state index in [-0.39, 0.29) is 6.04 Å². The Hall–Kier alpha value is -1.89. The summed E-state index contributed by atoms with van der Waals surface area (Å²) in [6, 6.07) is 24.5. The van der Waals surface area contributed by atoms with Gasteiger partial charge in [0.1, 0.15) is 12.4 Å². The fourth-order valence-electron chi connectivity index (χ4n) is 4.30. The second kappa shape index (κ2) is 11.7. The van der Waals surface area contributed by atoms with Crippen LogP contribution in [-0.4, -0.2) is 35.2 Å². The number of hydrogen-bond donors (Lipinski definition) is 2. The number of hydrogen-bond acceptors (Lipinski definition) is 4.